The van der Waals surface area contributed by atoms with Gasteiger partial charge in [0, 0.05) is 31.2 Å². The van der Waals surface area contributed by atoms with Crippen LogP contribution in [0.15, 0.2) is 0 Å². The third-order valence-corrected chi connectivity index (χ3v) is 5.83. The Kier molecular flexibility index (Phi) is 15.4. The fraction of sp³-hybridized carbons (Fsp3) is 0.958. The van der Waals surface area contributed by atoms with Gasteiger partial charge in [0.1, 0.15) is 18.3 Å². The molecule has 0 saturated carbocycles. The lowest BCUT2D eigenvalue weighted by molar-refractivity contribution is -0.516. The van der Waals surface area contributed by atoms with Crippen molar-refractivity contribution < 1.29 is 42.2 Å². The van der Waals surface area contributed by atoms with Gasteiger partial charge in [-0.1, -0.05) is 40.0 Å². The molecule has 0 spiro atoms. The number of esters is 1. The van der Waals surface area contributed by atoms with Gasteiger partial charge in [0.2, 0.25) is 0 Å². The highest BCUT2D eigenvalue weighted by Gasteiger charge is 2.54. The van der Waals surface area contributed by atoms with Crippen molar-refractivity contribution >= 4 is 5.97 Å². The molecule has 35 heavy (non-hydrogen) atoms. The molecular weight excluding hydrogens is 468 g/mol. The molecule has 1 heterocycles. The Morgan fingerprint density at radius 3 is 2.23 bits per heavy atom. The van der Waals surface area contributed by atoms with E-state index in [4.69, 9.17) is 18.9 Å². The van der Waals surface area contributed by atoms with Crippen LogP contribution in [0, 0.1) is 10.1 Å². The quantitative estimate of drug-likeness (QED) is 0.107. The minimum Gasteiger partial charge on any atom is -0.461 e. The Morgan fingerprint density at radius 2 is 1.66 bits per heavy atom. The van der Waals surface area contributed by atoms with Crippen molar-refractivity contribution in [3.63, 3.8) is 0 Å². The Balaban J connectivity index is 3.11. The Morgan fingerprint density at radius 1 is 1.06 bits per heavy atom. The average molecular weight is 512 g/mol. The first kappa shape index (κ1) is 31.6. The van der Waals surface area contributed by atoms with Gasteiger partial charge in [0.15, 0.2) is 0 Å². The van der Waals surface area contributed by atoms with Gasteiger partial charge >= 0.3 is 12.0 Å². The van der Waals surface area contributed by atoms with E-state index < -0.39 is 53.7 Å². The number of hydrogen-bond donors (Lipinski definition) is 0. The van der Waals surface area contributed by atoms with E-state index >= 15 is 8.78 Å². The van der Waals surface area contributed by atoms with E-state index in [0.29, 0.717) is 19.8 Å². The standard InChI is InChI=1S/C24H43F2NO8/c1-5-9-12-31-17-20-22(34-14-11-7-3)19(33-13-10-6-2)15-21(35-20)24(25,26)16-18(27(29)30)23(28)32-8-4/h18-22H,5-17H2,1-4H3/t18?,19-,20-,21+,22-/m1/s1. The number of halogens is 2. The summed E-state index contributed by atoms with van der Waals surface area (Å²) in [4.78, 5) is 22.3. The van der Waals surface area contributed by atoms with Gasteiger partial charge in [-0.15, -0.1) is 0 Å². The summed E-state index contributed by atoms with van der Waals surface area (Å²) in [6.45, 7) is 8.63. The molecule has 5 atom stereocenters. The van der Waals surface area contributed by atoms with Gasteiger partial charge < -0.3 is 23.7 Å². The molecule has 0 aliphatic carbocycles. The lowest BCUT2D eigenvalue weighted by Gasteiger charge is -2.43. The summed E-state index contributed by atoms with van der Waals surface area (Å²) in [5, 5.41) is 11.3. The Bertz CT molecular complexity index is 610. The summed E-state index contributed by atoms with van der Waals surface area (Å²) < 4.78 is 58.8. The molecule has 1 aliphatic heterocycles. The van der Waals surface area contributed by atoms with E-state index in [-0.39, 0.29) is 19.6 Å². The van der Waals surface area contributed by atoms with Gasteiger partial charge in [-0.2, -0.15) is 0 Å². The maximum atomic E-state index is 15.4. The summed E-state index contributed by atoms with van der Waals surface area (Å²) in [5.41, 5.74) is 0. The van der Waals surface area contributed by atoms with E-state index in [2.05, 4.69) is 4.74 Å². The lowest BCUT2D eigenvalue weighted by atomic mass is 9.91. The monoisotopic (exact) mass is 511 g/mol. The highest BCUT2D eigenvalue weighted by Crippen LogP contribution is 2.37. The number of rotatable bonds is 19. The maximum Gasteiger partial charge on any atom is 0.381 e. The van der Waals surface area contributed by atoms with E-state index in [9.17, 15) is 14.9 Å². The fourth-order valence-electron chi connectivity index (χ4n) is 3.77. The minimum absolute atomic E-state index is 0.0353. The largest absolute Gasteiger partial charge is 0.461 e. The van der Waals surface area contributed by atoms with Crippen LogP contribution in [0.2, 0.25) is 0 Å². The predicted molar refractivity (Wildman–Crippen MR) is 125 cm³/mol. The van der Waals surface area contributed by atoms with Crippen molar-refractivity contribution in [2.75, 3.05) is 33.0 Å². The second-order valence-electron chi connectivity index (χ2n) is 8.80. The predicted octanol–water partition coefficient (Wildman–Crippen LogP) is 4.57. The van der Waals surface area contributed by atoms with Crippen LogP contribution in [-0.2, 0) is 28.5 Å². The van der Waals surface area contributed by atoms with Crippen molar-refractivity contribution in [3.05, 3.63) is 10.1 Å². The number of hydrogen-bond acceptors (Lipinski definition) is 8. The van der Waals surface area contributed by atoms with E-state index in [1.54, 1.807) is 0 Å². The number of nitro groups is 1. The second-order valence-corrected chi connectivity index (χ2v) is 8.80. The summed E-state index contributed by atoms with van der Waals surface area (Å²) in [6.07, 6.45) is -0.315. The molecule has 1 rings (SSSR count). The second kappa shape index (κ2) is 17.1. The van der Waals surface area contributed by atoms with E-state index in [1.165, 1.54) is 6.92 Å². The molecule has 1 unspecified atom stereocenters. The van der Waals surface area contributed by atoms with Gasteiger partial charge in [-0.25, -0.2) is 13.6 Å². The lowest BCUT2D eigenvalue weighted by Crippen LogP contribution is -2.57. The van der Waals surface area contributed by atoms with Crippen molar-refractivity contribution in [2.24, 2.45) is 0 Å². The summed E-state index contributed by atoms with van der Waals surface area (Å²) >= 11 is 0. The van der Waals surface area contributed by atoms with Crippen LogP contribution in [-0.4, -0.2) is 80.3 Å². The van der Waals surface area contributed by atoms with Crippen LogP contribution < -0.4 is 0 Å². The number of unbranched alkanes of at least 4 members (excludes halogenated alkanes) is 3. The molecule has 0 N–H and O–H groups in total. The highest BCUT2D eigenvalue weighted by molar-refractivity contribution is 5.74. The zero-order valence-corrected chi connectivity index (χ0v) is 21.5. The van der Waals surface area contributed by atoms with Crippen LogP contribution in [0.1, 0.15) is 79.1 Å². The van der Waals surface area contributed by atoms with Crippen LogP contribution in [0.5, 0.6) is 0 Å². The van der Waals surface area contributed by atoms with Crippen LogP contribution in [0.4, 0.5) is 8.78 Å². The summed E-state index contributed by atoms with van der Waals surface area (Å²) in [5.74, 6) is -4.96. The molecule has 1 aliphatic rings. The molecule has 9 nitrogen and oxygen atoms in total. The van der Waals surface area contributed by atoms with Crippen LogP contribution >= 0.6 is 0 Å². The van der Waals surface area contributed by atoms with Crippen LogP contribution in [0.25, 0.3) is 0 Å². The van der Waals surface area contributed by atoms with Gasteiger partial charge in [0.05, 0.1) is 25.7 Å². The molecule has 0 bridgehead atoms. The molecule has 0 radical (unpaired) electrons. The average Bonchev–Trinajstić information content (AvgIpc) is 2.81. The molecule has 0 aromatic heterocycles. The van der Waals surface area contributed by atoms with E-state index in [0.717, 1.165) is 38.5 Å². The normalized spacial score (nSPS) is 23.7. The van der Waals surface area contributed by atoms with Gasteiger partial charge in [0.25, 0.3) is 5.92 Å². The number of nitrogens with zero attached hydrogens (tertiary/aromatic N) is 1. The van der Waals surface area contributed by atoms with Crippen LogP contribution in [0.3, 0.4) is 0 Å². The summed E-state index contributed by atoms with van der Waals surface area (Å²) in [7, 11) is 0. The fourth-order valence-corrected chi connectivity index (χ4v) is 3.77. The van der Waals surface area contributed by atoms with Crippen molar-refractivity contribution in [1.82, 2.24) is 0 Å². The zero-order chi connectivity index (χ0) is 26.3. The third-order valence-electron chi connectivity index (χ3n) is 5.83. The molecule has 0 aromatic carbocycles. The van der Waals surface area contributed by atoms with Gasteiger partial charge in [-0.05, 0) is 26.2 Å². The number of carbonyl (C=O) groups is 1. The molecule has 0 amide bonds. The first-order chi connectivity index (χ1) is 16.7. The maximum absolute atomic E-state index is 15.4. The summed E-state index contributed by atoms with van der Waals surface area (Å²) in [6, 6.07) is -2.19. The van der Waals surface area contributed by atoms with E-state index in [1.807, 2.05) is 20.8 Å². The first-order valence-corrected chi connectivity index (χ1v) is 12.9. The van der Waals surface area contributed by atoms with Crippen molar-refractivity contribution in [1.29, 1.82) is 0 Å². The van der Waals surface area contributed by atoms with Crippen molar-refractivity contribution in [3.8, 4) is 0 Å². The zero-order valence-electron chi connectivity index (χ0n) is 21.5. The SMILES string of the molecule is CCCCOC[C@H]1O[C@H](C(F)(F)CC(C(=O)OCC)[N+](=O)[O-])C[C@@H](OCCCC)[C@H]1OCCCC. The molecule has 206 valence electrons. The molecule has 1 saturated heterocycles. The smallest absolute Gasteiger partial charge is 0.381 e. The Hall–Kier alpha value is -1.43. The number of carbonyl (C=O) groups excluding carboxylic acids is 1. The third kappa shape index (κ3) is 11.0. The highest BCUT2D eigenvalue weighted by atomic mass is 19.3. The van der Waals surface area contributed by atoms with Crippen molar-refractivity contribution in [2.45, 2.75) is 115 Å². The topological polar surface area (TPSA) is 106 Å². The molecule has 0 aromatic rings. The minimum atomic E-state index is -3.67. The molecule has 11 heteroatoms. The number of ether oxygens (including phenoxy) is 5. The van der Waals surface area contributed by atoms with Gasteiger partial charge in [-0.3, -0.25) is 10.1 Å². The number of alkyl halides is 2. The molecular formula is C24H43F2NO8. The Labute approximate surface area is 207 Å². The molecule has 1 fully saturated rings. The first-order valence-electron chi connectivity index (χ1n) is 12.9.